The second-order valence-corrected chi connectivity index (χ2v) is 28.5. The Hall–Kier alpha value is -7.10. The lowest BCUT2D eigenvalue weighted by Crippen LogP contribution is -2.41. The average Bonchev–Trinajstić information content (AvgIpc) is 4.10. The molecule has 5 aliphatic rings. The topological polar surface area (TPSA) is 19.6 Å². The highest BCUT2D eigenvalue weighted by molar-refractivity contribution is 6.12. The predicted octanol–water partition coefficient (Wildman–Crippen LogP) is 20.5. The molecule has 0 N–H and O–H groups in total. The van der Waals surface area contributed by atoms with Gasteiger partial charge in [0.15, 0.2) is 5.58 Å². The van der Waals surface area contributed by atoms with Crippen molar-refractivity contribution in [1.29, 1.82) is 0 Å². The van der Waals surface area contributed by atoms with Crippen molar-refractivity contribution < 1.29 is 4.42 Å². The standard InChI is InChI=1S/C75H76N2O/c1-43-35-63-67-64(36-43)77(61-21-18-20-51-50-19-16-17-22-65(50)78-69(51)61)62-42-60-57(74(12,13)58-40-55-56(41-59(58)75(60,14)15)73(10,11)34-33-72(55,8)9)39-53(62)66(67)54-37-46-25-30-48(71(5,6)7)38-52(46)68(54)76(63)49-31-26-45(27-32-49)44-23-28-47(29-24-44)70(2,3)4/h16-32,35-36,38-42,66H,33-34,37H2,1-15H3. The molecule has 3 heterocycles. The summed E-state index contributed by atoms with van der Waals surface area (Å²) in [5.74, 6) is 0.00272. The Kier molecular flexibility index (Phi) is 10.1. The van der Waals surface area contributed by atoms with Gasteiger partial charge in [-0.3, -0.25) is 0 Å². The van der Waals surface area contributed by atoms with Gasteiger partial charge >= 0.3 is 0 Å². The van der Waals surface area contributed by atoms with E-state index in [9.17, 15) is 0 Å². The smallest absolute Gasteiger partial charge is 0.159 e. The van der Waals surface area contributed by atoms with Gasteiger partial charge in [0, 0.05) is 44.3 Å². The first-order valence-electron chi connectivity index (χ1n) is 28.9. The number of benzene rings is 8. The molecule has 0 saturated heterocycles. The number of allylic oxidation sites excluding steroid dienone is 1. The van der Waals surface area contributed by atoms with Crippen LogP contribution in [0.4, 0.5) is 28.4 Å². The van der Waals surface area contributed by atoms with Gasteiger partial charge in [-0.1, -0.05) is 194 Å². The first-order valence-corrected chi connectivity index (χ1v) is 28.9. The Balaban J connectivity index is 1.06. The van der Waals surface area contributed by atoms with E-state index in [0.29, 0.717) is 0 Å². The molecule has 3 heteroatoms. The molecule has 0 spiro atoms. The largest absolute Gasteiger partial charge is 0.454 e. The number of fused-ring (bicyclic) bond motifs is 11. The van der Waals surface area contributed by atoms with E-state index in [4.69, 9.17) is 4.42 Å². The van der Waals surface area contributed by atoms with Crippen molar-refractivity contribution in [3.63, 3.8) is 0 Å². The van der Waals surface area contributed by atoms with Crippen LogP contribution in [-0.2, 0) is 38.9 Å². The number of nitrogens with zero attached hydrogens (tertiary/aromatic N) is 2. The monoisotopic (exact) mass is 1020 g/mol. The van der Waals surface area contributed by atoms with Crippen molar-refractivity contribution >= 4 is 56.1 Å². The Morgan fingerprint density at radius 1 is 0.487 bits per heavy atom. The summed E-state index contributed by atoms with van der Waals surface area (Å²) in [6.07, 6.45) is 3.27. The van der Waals surface area contributed by atoms with Crippen LogP contribution in [0.1, 0.15) is 188 Å². The van der Waals surface area contributed by atoms with Gasteiger partial charge in [0.25, 0.3) is 0 Å². The fourth-order valence-electron chi connectivity index (χ4n) is 15.0. The van der Waals surface area contributed by atoms with Crippen LogP contribution in [0.15, 0.2) is 156 Å². The van der Waals surface area contributed by atoms with Crippen LogP contribution in [0, 0.1) is 6.92 Å². The molecule has 78 heavy (non-hydrogen) atoms. The van der Waals surface area contributed by atoms with E-state index in [-0.39, 0.29) is 38.4 Å². The molecule has 0 saturated carbocycles. The molecule has 3 aliphatic carbocycles. The molecule has 1 unspecified atom stereocenters. The van der Waals surface area contributed by atoms with Gasteiger partial charge in [0.1, 0.15) is 5.58 Å². The van der Waals surface area contributed by atoms with E-state index < -0.39 is 0 Å². The molecule has 1 atom stereocenters. The maximum Gasteiger partial charge on any atom is 0.159 e. The van der Waals surface area contributed by atoms with E-state index in [1.165, 1.54) is 130 Å². The molecule has 8 aromatic carbocycles. The van der Waals surface area contributed by atoms with Crippen LogP contribution in [0.5, 0.6) is 0 Å². The lowest BCUT2D eigenvalue weighted by atomic mass is 9.55. The molecule has 1 aromatic heterocycles. The number of aryl methyl sites for hydroxylation is 1. The van der Waals surface area contributed by atoms with Crippen molar-refractivity contribution in [3.05, 3.63) is 223 Å². The lowest BCUT2D eigenvalue weighted by Gasteiger charge is -2.50. The summed E-state index contributed by atoms with van der Waals surface area (Å²) in [4.78, 5) is 5.27. The van der Waals surface area contributed by atoms with Crippen LogP contribution >= 0.6 is 0 Å². The third-order valence-corrected chi connectivity index (χ3v) is 19.8. The number of hydrogen-bond acceptors (Lipinski definition) is 3. The van der Waals surface area contributed by atoms with Gasteiger partial charge in [-0.15, -0.1) is 0 Å². The lowest BCUT2D eigenvalue weighted by molar-refractivity contribution is 0.329. The summed E-state index contributed by atoms with van der Waals surface area (Å²) in [7, 11) is 0. The Labute approximate surface area is 464 Å². The van der Waals surface area contributed by atoms with E-state index in [0.717, 1.165) is 34.0 Å². The average molecular weight is 1020 g/mol. The zero-order valence-corrected chi connectivity index (χ0v) is 48.9. The SMILES string of the molecule is Cc1cc2c3c(c1)N(c1cccc4c1oc1ccccc14)c1cc4c(cc1C3C1=C(c3cc(C(C)(C)C)ccc3C1)N2c1ccc(-c2ccc(C(C)(C)C)cc2)cc1)C(C)(C)c1cc2c(cc1C4(C)C)C(C)(C)CCC2(C)C. The van der Waals surface area contributed by atoms with E-state index >= 15 is 0 Å². The minimum atomic E-state index is -0.279. The second kappa shape index (κ2) is 16.0. The number of furan rings is 1. The Bertz CT molecular complexity index is 4080. The van der Waals surface area contributed by atoms with E-state index in [2.05, 4.69) is 259 Å². The van der Waals surface area contributed by atoms with Gasteiger partial charge in [0.2, 0.25) is 0 Å². The van der Waals surface area contributed by atoms with Gasteiger partial charge < -0.3 is 14.2 Å². The van der Waals surface area contributed by atoms with Crippen LogP contribution in [-0.4, -0.2) is 0 Å². The predicted molar refractivity (Wildman–Crippen MR) is 329 cm³/mol. The minimum absolute atomic E-state index is 0.00272. The molecule has 0 fully saturated rings. The molecule has 0 amide bonds. The molecule has 392 valence electrons. The molecule has 0 bridgehead atoms. The fraction of sp³-hybridized carbons (Fsp3) is 0.333. The van der Waals surface area contributed by atoms with Crippen molar-refractivity contribution in [2.24, 2.45) is 0 Å². The summed E-state index contributed by atoms with van der Waals surface area (Å²) in [6, 6.07) is 57.0. The van der Waals surface area contributed by atoms with Crippen LogP contribution in [0.2, 0.25) is 0 Å². The first-order chi connectivity index (χ1) is 36.8. The molecule has 9 aromatic rings. The maximum atomic E-state index is 7.07. The number of rotatable bonds is 3. The number of para-hydroxylation sites is 2. The van der Waals surface area contributed by atoms with Gasteiger partial charge in [0.05, 0.1) is 28.4 Å². The van der Waals surface area contributed by atoms with Crippen molar-refractivity contribution in [2.75, 3.05) is 9.80 Å². The summed E-state index contributed by atoms with van der Waals surface area (Å²) in [6.45, 7) is 36.2. The zero-order chi connectivity index (χ0) is 54.5. The Morgan fingerprint density at radius 3 is 1.67 bits per heavy atom. The molecule has 14 rings (SSSR count). The molecular formula is C75H76N2O. The summed E-state index contributed by atoms with van der Waals surface area (Å²) in [5.41, 5.74) is 31.1. The van der Waals surface area contributed by atoms with Gasteiger partial charge in [-0.05, 0) is 174 Å². The second-order valence-electron chi connectivity index (χ2n) is 28.5. The van der Waals surface area contributed by atoms with Crippen molar-refractivity contribution in [3.8, 4) is 11.1 Å². The van der Waals surface area contributed by atoms with Crippen LogP contribution in [0.3, 0.4) is 0 Å². The quantitative estimate of drug-likeness (QED) is 0.176. The molecule has 0 radical (unpaired) electrons. The summed E-state index contributed by atoms with van der Waals surface area (Å²) >= 11 is 0. The minimum Gasteiger partial charge on any atom is -0.454 e. The van der Waals surface area contributed by atoms with Crippen LogP contribution in [0.25, 0.3) is 38.8 Å². The van der Waals surface area contributed by atoms with Gasteiger partial charge in [-0.25, -0.2) is 0 Å². The van der Waals surface area contributed by atoms with Crippen LogP contribution < -0.4 is 9.80 Å². The van der Waals surface area contributed by atoms with Gasteiger partial charge in [-0.2, -0.15) is 0 Å². The summed E-state index contributed by atoms with van der Waals surface area (Å²) in [5, 5.41) is 2.28. The van der Waals surface area contributed by atoms with E-state index in [1.807, 2.05) is 0 Å². The summed E-state index contributed by atoms with van der Waals surface area (Å²) < 4.78 is 7.07. The maximum absolute atomic E-state index is 7.07. The zero-order valence-electron chi connectivity index (χ0n) is 48.9. The third kappa shape index (κ3) is 6.94. The highest BCUT2D eigenvalue weighted by Gasteiger charge is 2.50. The molecule has 2 aliphatic heterocycles. The third-order valence-electron chi connectivity index (χ3n) is 19.8. The van der Waals surface area contributed by atoms with Crippen molar-refractivity contribution in [1.82, 2.24) is 0 Å². The number of anilines is 5. The Morgan fingerprint density at radius 2 is 1.04 bits per heavy atom. The normalized spacial score (nSPS) is 19.0. The molecular weight excluding hydrogens is 945 g/mol. The highest BCUT2D eigenvalue weighted by atomic mass is 16.3. The molecule has 3 nitrogen and oxygen atoms in total. The number of hydrogen-bond donors (Lipinski definition) is 0. The highest BCUT2D eigenvalue weighted by Crippen LogP contribution is 2.65. The fourth-order valence-corrected chi connectivity index (χ4v) is 15.0. The van der Waals surface area contributed by atoms with Crippen molar-refractivity contribution in [2.45, 2.75) is 162 Å². The first kappa shape index (κ1) is 49.2. The van der Waals surface area contributed by atoms with E-state index in [1.54, 1.807) is 0 Å².